The molecular weight excluding hydrogens is 249 g/mol. The molecule has 0 bridgehead atoms. The molecule has 0 amide bonds. The number of ether oxygens (including phenoxy) is 1. The van der Waals surface area contributed by atoms with Gasteiger partial charge in [0.25, 0.3) is 0 Å². The number of halogens is 1. The molecular formula is C14H16FNO3. The summed E-state index contributed by atoms with van der Waals surface area (Å²) in [6, 6.07) is 4.22. The maximum atomic E-state index is 13.2. The van der Waals surface area contributed by atoms with Crippen molar-refractivity contribution in [2.75, 3.05) is 13.2 Å². The van der Waals surface area contributed by atoms with Gasteiger partial charge in [0, 0.05) is 19.1 Å². The van der Waals surface area contributed by atoms with Crippen LogP contribution in [-0.4, -0.2) is 23.3 Å². The zero-order valence-corrected chi connectivity index (χ0v) is 10.9. The van der Waals surface area contributed by atoms with Gasteiger partial charge in [-0.3, -0.25) is 0 Å². The normalized spacial score (nSPS) is 10.7. The number of aliphatic hydroxyl groups is 1. The summed E-state index contributed by atoms with van der Waals surface area (Å²) in [7, 11) is 0. The van der Waals surface area contributed by atoms with Crippen molar-refractivity contribution in [1.29, 1.82) is 0 Å². The van der Waals surface area contributed by atoms with Gasteiger partial charge in [0.15, 0.2) is 0 Å². The Kier molecular flexibility index (Phi) is 4.16. The van der Waals surface area contributed by atoms with E-state index in [9.17, 15) is 4.39 Å². The predicted octanol–water partition coefficient (Wildman–Crippen LogP) is 2.72. The molecule has 102 valence electrons. The van der Waals surface area contributed by atoms with E-state index in [1.165, 1.54) is 12.1 Å². The van der Waals surface area contributed by atoms with Gasteiger partial charge in [-0.05, 0) is 26.0 Å². The summed E-state index contributed by atoms with van der Waals surface area (Å²) in [5.74, 6) is 1.06. The summed E-state index contributed by atoms with van der Waals surface area (Å²) in [6.07, 6.45) is 0.431. The van der Waals surface area contributed by atoms with Crippen LogP contribution in [0.5, 0.6) is 5.75 Å². The molecule has 1 aromatic heterocycles. The van der Waals surface area contributed by atoms with Crippen molar-refractivity contribution in [3.05, 3.63) is 35.5 Å². The molecule has 5 heteroatoms. The van der Waals surface area contributed by atoms with Gasteiger partial charge in [-0.15, -0.1) is 0 Å². The number of benzene rings is 1. The molecule has 0 aliphatic rings. The largest absolute Gasteiger partial charge is 0.493 e. The van der Waals surface area contributed by atoms with Crippen molar-refractivity contribution in [3.63, 3.8) is 0 Å². The zero-order chi connectivity index (χ0) is 13.8. The molecule has 0 unspecified atom stereocenters. The maximum Gasteiger partial charge on any atom is 0.230 e. The fourth-order valence-corrected chi connectivity index (χ4v) is 1.83. The fourth-order valence-electron chi connectivity index (χ4n) is 1.83. The van der Waals surface area contributed by atoms with E-state index < -0.39 is 0 Å². The van der Waals surface area contributed by atoms with Crippen molar-refractivity contribution >= 4 is 0 Å². The number of aliphatic hydroxyl groups excluding tert-OH is 1. The lowest BCUT2D eigenvalue weighted by molar-refractivity contribution is 0.297. The maximum absolute atomic E-state index is 13.2. The Morgan fingerprint density at radius 3 is 2.89 bits per heavy atom. The van der Waals surface area contributed by atoms with E-state index >= 15 is 0 Å². The van der Waals surface area contributed by atoms with Gasteiger partial charge in [0.1, 0.15) is 17.3 Å². The summed E-state index contributed by atoms with van der Waals surface area (Å²) < 4.78 is 24.2. The highest BCUT2D eigenvalue weighted by Gasteiger charge is 2.15. The number of rotatable bonds is 5. The number of nitrogens with zero attached hydrogens (tertiary/aromatic N) is 1. The van der Waals surface area contributed by atoms with Crippen LogP contribution in [0, 0.1) is 12.7 Å². The molecule has 1 aromatic carbocycles. The second-order valence-electron chi connectivity index (χ2n) is 4.07. The third-order valence-electron chi connectivity index (χ3n) is 2.72. The molecule has 0 saturated carbocycles. The molecule has 19 heavy (non-hydrogen) atoms. The van der Waals surface area contributed by atoms with Crippen molar-refractivity contribution in [2.45, 2.75) is 20.3 Å². The summed E-state index contributed by atoms with van der Waals surface area (Å²) in [5, 5.41) is 8.94. The topological polar surface area (TPSA) is 55.5 Å². The van der Waals surface area contributed by atoms with E-state index in [2.05, 4.69) is 4.98 Å². The quantitative estimate of drug-likeness (QED) is 0.903. The van der Waals surface area contributed by atoms with E-state index in [1.807, 2.05) is 6.92 Å². The monoisotopic (exact) mass is 265 g/mol. The number of hydrogen-bond donors (Lipinski definition) is 1. The van der Waals surface area contributed by atoms with Crippen molar-refractivity contribution in [1.82, 2.24) is 4.98 Å². The van der Waals surface area contributed by atoms with E-state index in [0.29, 0.717) is 41.7 Å². The van der Waals surface area contributed by atoms with Crippen LogP contribution in [0.4, 0.5) is 4.39 Å². The van der Waals surface area contributed by atoms with Gasteiger partial charge in [0.2, 0.25) is 5.89 Å². The third kappa shape index (κ3) is 2.93. The van der Waals surface area contributed by atoms with Crippen LogP contribution in [-0.2, 0) is 6.42 Å². The van der Waals surface area contributed by atoms with Crippen LogP contribution in [0.2, 0.25) is 0 Å². The number of aryl methyl sites for hydroxylation is 1. The van der Waals surface area contributed by atoms with Gasteiger partial charge in [-0.2, -0.15) is 0 Å². The Hall–Kier alpha value is -1.88. The van der Waals surface area contributed by atoms with Crippen molar-refractivity contribution in [3.8, 4) is 17.2 Å². The molecule has 0 aliphatic heterocycles. The van der Waals surface area contributed by atoms with E-state index in [-0.39, 0.29) is 12.4 Å². The van der Waals surface area contributed by atoms with Gasteiger partial charge in [0.05, 0.1) is 17.9 Å². The smallest absolute Gasteiger partial charge is 0.230 e. The Labute approximate surface area is 110 Å². The molecule has 1 N–H and O–H groups in total. The summed E-state index contributed by atoms with van der Waals surface area (Å²) in [4.78, 5) is 4.31. The molecule has 0 radical (unpaired) electrons. The molecule has 0 spiro atoms. The van der Waals surface area contributed by atoms with Crippen LogP contribution < -0.4 is 4.74 Å². The third-order valence-corrected chi connectivity index (χ3v) is 2.72. The molecule has 0 aliphatic carbocycles. The van der Waals surface area contributed by atoms with Crippen molar-refractivity contribution < 1.29 is 18.7 Å². The first-order chi connectivity index (χ1) is 9.15. The lowest BCUT2D eigenvalue weighted by Crippen LogP contribution is -1.96. The van der Waals surface area contributed by atoms with E-state index in [0.717, 1.165) is 0 Å². The molecule has 4 nitrogen and oxygen atoms in total. The Morgan fingerprint density at radius 1 is 1.42 bits per heavy atom. The van der Waals surface area contributed by atoms with Gasteiger partial charge in [-0.1, -0.05) is 0 Å². The van der Waals surface area contributed by atoms with E-state index in [4.69, 9.17) is 14.3 Å². The highest BCUT2D eigenvalue weighted by Crippen LogP contribution is 2.31. The van der Waals surface area contributed by atoms with Crippen LogP contribution in [0.3, 0.4) is 0 Å². The minimum Gasteiger partial charge on any atom is -0.493 e. The minimum atomic E-state index is -0.369. The summed E-state index contributed by atoms with van der Waals surface area (Å²) >= 11 is 0. The second-order valence-corrected chi connectivity index (χ2v) is 4.07. The highest BCUT2D eigenvalue weighted by atomic mass is 19.1. The van der Waals surface area contributed by atoms with Crippen molar-refractivity contribution in [2.24, 2.45) is 0 Å². The average Bonchev–Trinajstić information content (AvgIpc) is 2.72. The average molecular weight is 265 g/mol. The minimum absolute atomic E-state index is 0.00848. The number of oxazole rings is 1. The van der Waals surface area contributed by atoms with Gasteiger partial charge >= 0.3 is 0 Å². The predicted molar refractivity (Wildman–Crippen MR) is 68.6 cm³/mol. The number of hydrogen-bond acceptors (Lipinski definition) is 4. The standard InChI is InChI=1S/C14H16FNO3/c1-3-18-13-8-10(15)4-5-11(13)14-16-12(6-7-17)9(2)19-14/h4-5,8,17H,3,6-7H2,1-2H3. The first kappa shape index (κ1) is 13.5. The molecule has 2 aromatic rings. The second kappa shape index (κ2) is 5.84. The van der Waals surface area contributed by atoms with Crippen LogP contribution in [0.15, 0.2) is 22.6 Å². The first-order valence-corrected chi connectivity index (χ1v) is 6.15. The Bertz CT molecular complexity index is 566. The first-order valence-electron chi connectivity index (χ1n) is 6.15. The van der Waals surface area contributed by atoms with Crippen LogP contribution in [0.25, 0.3) is 11.5 Å². The summed E-state index contributed by atoms with van der Waals surface area (Å²) in [6.45, 7) is 4.05. The Balaban J connectivity index is 2.43. The SMILES string of the molecule is CCOc1cc(F)ccc1-c1nc(CCO)c(C)o1. The molecule has 0 atom stereocenters. The zero-order valence-electron chi connectivity index (χ0n) is 10.9. The van der Waals surface area contributed by atoms with Gasteiger partial charge < -0.3 is 14.3 Å². The highest BCUT2D eigenvalue weighted by molar-refractivity contribution is 5.63. The lowest BCUT2D eigenvalue weighted by Gasteiger charge is -2.07. The molecule has 1 heterocycles. The molecule has 0 fully saturated rings. The van der Waals surface area contributed by atoms with Crippen LogP contribution in [0.1, 0.15) is 18.4 Å². The molecule has 0 saturated heterocycles. The molecule has 2 rings (SSSR count). The lowest BCUT2D eigenvalue weighted by atomic mass is 10.2. The van der Waals surface area contributed by atoms with E-state index in [1.54, 1.807) is 13.0 Å². The fraction of sp³-hybridized carbons (Fsp3) is 0.357. The summed E-state index contributed by atoms with van der Waals surface area (Å²) in [5.41, 5.74) is 1.31. The Morgan fingerprint density at radius 2 is 2.21 bits per heavy atom. The van der Waals surface area contributed by atoms with Gasteiger partial charge in [-0.25, -0.2) is 9.37 Å². The number of aromatic nitrogens is 1. The van der Waals surface area contributed by atoms with Crippen LogP contribution >= 0.6 is 0 Å².